The van der Waals surface area contributed by atoms with Gasteiger partial charge in [-0.05, 0) is 76.7 Å². The number of hydrazone groups is 1. The Bertz CT molecular complexity index is 1430. The van der Waals surface area contributed by atoms with Gasteiger partial charge in [0, 0.05) is 5.69 Å². The maximum absolute atomic E-state index is 12.4. The molecule has 3 aromatic rings. The number of nitrogens with zero attached hydrogens (tertiary/aromatic N) is 1. The number of halogens is 3. The van der Waals surface area contributed by atoms with E-state index in [0.29, 0.717) is 49.4 Å². The van der Waals surface area contributed by atoms with Crippen molar-refractivity contribution in [1.29, 1.82) is 0 Å². The molecule has 0 radical (unpaired) electrons. The van der Waals surface area contributed by atoms with Crippen LogP contribution in [0.5, 0.6) is 17.2 Å². The Morgan fingerprint density at radius 1 is 1.02 bits per heavy atom. The number of nitrogens with one attached hydrogen (secondary N) is 3. The van der Waals surface area contributed by atoms with Crippen molar-refractivity contribution in [3.8, 4) is 17.2 Å². The van der Waals surface area contributed by atoms with Crippen LogP contribution in [0.3, 0.4) is 0 Å². The first kappa shape index (κ1) is 30.7. The molecular formula is C27H23Cl2IN4O6. The highest BCUT2D eigenvalue weighted by molar-refractivity contribution is 14.1. The van der Waals surface area contributed by atoms with Crippen LogP contribution >= 0.6 is 45.8 Å². The summed E-state index contributed by atoms with van der Waals surface area (Å²) in [5.74, 6) is -1.06. The lowest BCUT2D eigenvalue weighted by Crippen LogP contribution is -2.32. The van der Waals surface area contributed by atoms with Gasteiger partial charge in [-0.1, -0.05) is 41.9 Å². The Morgan fingerprint density at radius 2 is 1.77 bits per heavy atom. The molecule has 40 heavy (non-hydrogen) atoms. The molecule has 208 valence electrons. The first-order chi connectivity index (χ1) is 19.2. The predicted octanol–water partition coefficient (Wildman–Crippen LogP) is 5.28. The zero-order valence-corrected chi connectivity index (χ0v) is 24.7. The molecule has 0 saturated carbocycles. The van der Waals surface area contributed by atoms with Crippen LogP contribution in [0.2, 0.25) is 10.0 Å². The quantitative estimate of drug-likeness (QED) is 0.0824. The van der Waals surface area contributed by atoms with Gasteiger partial charge in [0.05, 0.1) is 32.6 Å². The van der Waals surface area contributed by atoms with E-state index in [1.54, 1.807) is 60.7 Å². The molecule has 0 bridgehead atoms. The third-order valence-electron chi connectivity index (χ3n) is 4.89. The van der Waals surface area contributed by atoms with Crippen molar-refractivity contribution >= 4 is 81.1 Å². The molecule has 3 amide bonds. The SMILES string of the molecule is C=CCOc1ccc(NC(=O)C(=O)N/N=C\c2cc(I)c(OCC(=O)Nc3cccc(Cl)c3Cl)c(OC)c2)cc1. The Balaban J connectivity index is 1.56. The van der Waals surface area contributed by atoms with E-state index in [-0.39, 0.29) is 11.6 Å². The summed E-state index contributed by atoms with van der Waals surface area (Å²) in [6.45, 7) is 3.60. The Labute approximate surface area is 253 Å². The molecule has 3 rings (SSSR count). The fourth-order valence-corrected chi connectivity index (χ4v) is 4.20. The molecular weight excluding hydrogens is 674 g/mol. The summed E-state index contributed by atoms with van der Waals surface area (Å²) in [6, 6.07) is 14.7. The van der Waals surface area contributed by atoms with Gasteiger partial charge in [-0.2, -0.15) is 5.10 Å². The smallest absolute Gasteiger partial charge is 0.329 e. The van der Waals surface area contributed by atoms with Gasteiger partial charge < -0.3 is 24.8 Å². The minimum Gasteiger partial charge on any atom is -0.493 e. The Hall–Kier alpha value is -3.81. The molecule has 0 atom stereocenters. The molecule has 10 nitrogen and oxygen atoms in total. The second-order valence-electron chi connectivity index (χ2n) is 7.75. The van der Waals surface area contributed by atoms with Gasteiger partial charge in [0.15, 0.2) is 18.1 Å². The van der Waals surface area contributed by atoms with Crippen molar-refractivity contribution in [3.05, 3.63) is 86.4 Å². The van der Waals surface area contributed by atoms with E-state index in [1.165, 1.54) is 13.3 Å². The van der Waals surface area contributed by atoms with Crippen LogP contribution < -0.4 is 30.3 Å². The van der Waals surface area contributed by atoms with E-state index < -0.39 is 17.7 Å². The van der Waals surface area contributed by atoms with Crippen molar-refractivity contribution < 1.29 is 28.6 Å². The number of amides is 3. The van der Waals surface area contributed by atoms with Crippen molar-refractivity contribution in [2.45, 2.75) is 0 Å². The lowest BCUT2D eigenvalue weighted by atomic mass is 10.2. The van der Waals surface area contributed by atoms with Crippen LogP contribution in [-0.4, -0.2) is 44.3 Å². The molecule has 3 aromatic carbocycles. The summed E-state index contributed by atoms with van der Waals surface area (Å²) in [5.41, 5.74) is 3.48. The van der Waals surface area contributed by atoms with Gasteiger partial charge in [-0.15, -0.1) is 0 Å². The van der Waals surface area contributed by atoms with Crippen LogP contribution in [0, 0.1) is 3.57 Å². The lowest BCUT2D eigenvalue weighted by molar-refractivity contribution is -0.136. The van der Waals surface area contributed by atoms with Gasteiger partial charge in [0.25, 0.3) is 5.91 Å². The average Bonchev–Trinajstić information content (AvgIpc) is 2.94. The predicted molar refractivity (Wildman–Crippen MR) is 163 cm³/mol. The van der Waals surface area contributed by atoms with Crippen LogP contribution in [0.25, 0.3) is 0 Å². The van der Waals surface area contributed by atoms with E-state index in [9.17, 15) is 14.4 Å². The average molecular weight is 697 g/mol. The fraction of sp³-hybridized carbons (Fsp3) is 0.111. The van der Waals surface area contributed by atoms with Crippen molar-refractivity contribution in [1.82, 2.24) is 5.43 Å². The molecule has 0 aliphatic carbocycles. The summed E-state index contributed by atoms with van der Waals surface area (Å²) in [7, 11) is 1.44. The number of ether oxygens (including phenoxy) is 3. The maximum Gasteiger partial charge on any atom is 0.329 e. The van der Waals surface area contributed by atoms with Gasteiger partial charge in [-0.3, -0.25) is 14.4 Å². The van der Waals surface area contributed by atoms with Crippen LogP contribution in [-0.2, 0) is 14.4 Å². The molecule has 3 N–H and O–H groups in total. The highest BCUT2D eigenvalue weighted by Crippen LogP contribution is 2.34. The van der Waals surface area contributed by atoms with Crippen molar-refractivity contribution in [2.75, 3.05) is 31.0 Å². The van der Waals surface area contributed by atoms with Gasteiger partial charge in [0.2, 0.25) is 0 Å². The summed E-state index contributed by atoms with van der Waals surface area (Å²) in [6.07, 6.45) is 2.95. The van der Waals surface area contributed by atoms with Gasteiger partial charge in [-0.25, -0.2) is 5.43 Å². The van der Waals surface area contributed by atoms with E-state index in [0.717, 1.165) is 0 Å². The van der Waals surface area contributed by atoms with Crippen LogP contribution in [0.15, 0.2) is 72.4 Å². The standard InChI is InChI=1S/C27H23Cl2IN4O6/c1-3-11-39-18-9-7-17(8-10-18)32-26(36)27(37)34-31-14-16-12-20(30)25(22(13-16)38-2)40-15-23(35)33-21-6-4-5-19(28)24(21)29/h3-10,12-14H,1,11,15H2,2H3,(H,32,36)(H,33,35)(H,34,37)/b31-14-. The minimum absolute atomic E-state index is 0.224. The molecule has 0 unspecified atom stereocenters. The van der Waals surface area contributed by atoms with Crippen LogP contribution in [0.4, 0.5) is 11.4 Å². The number of carbonyl (C=O) groups is 3. The highest BCUT2D eigenvalue weighted by atomic mass is 127. The Morgan fingerprint density at radius 3 is 2.48 bits per heavy atom. The molecule has 0 aliphatic rings. The van der Waals surface area contributed by atoms with Crippen molar-refractivity contribution in [2.24, 2.45) is 5.10 Å². The van der Waals surface area contributed by atoms with E-state index >= 15 is 0 Å². The largest absolute Gasteiger partial charge is 0.493 e. The third kappa shape index (κ3) is 8.86. The molecule has 13 heteroatoms. The van der Waals surface area contributed by atoms with E-state index in [4.69, 9.17) is 37.4 Å². The molecule has 0 saturated heterocycles. The van der Waals surface area contributed by atoms with Crippen LogP contribution in [0.1, 0.15) is 5.56 Å². The maximum atomic E-state index is 12.4. The van der Waals surface area contributed by atoms with Gasteiger partial charge in [0.1, 0.15) is 12.4 Å². The fourth-order valence-electron chi connectivity index (χ4n) is 3.07. The second kappa shape index (κ2) is 15.1. The number of rotatable bonds is 11. The topological polar surface area (TPSA) is 127 Å². The lowest BCUT2D eigenvalue weighted by Gasteiger charge is -2.14. The molecule has 0 aliphatic heterocycles. The second-order valence-corrected chi connectivity index (χ2v) is 9.70. The number of hydrogen-bond donors (Lipinski definition) is 3. The normalized spacial score (nSPS) is 10.5. The number of anilines is 2. The highest BCUT2D eigenvalue weighted by Gasteiger charge is 2.16. The van der Waals surface area contributed by atoms with Gasteiger partial charge >= 0.3 is 11.8 Å². The summed E-state index contributed by atoms with van der Waals surface area (Å²) in [5, 5.41) is 9.47. The summed E-state index contributed by atoms with van der Waals surface area (Å²) < 4.78 is 17.0. The molecule has 0 fully saturated rings. The van der Waals surface area contributed by atoms with Crippen molar-refractivity contribution in [3.63, 3.8) is 0 Å². The third-order valence-corrected chi connectivity index (χ3v) is 6.51. The number of hydrogen-bond acceptors (Lipinski definition) is 7. The zero-order chi connectivity index (χ0) is 29.1. The zero-order valence-electron chi connectivity index (χ0n) is 21.0. The van der Waals surface area contributed by atoms with E-state index in [2.05, 4.69) is 27.7 Å². The summed E-state index contributed by atoms with van der Waals surface area (Å²) >= 11 is 14.1. The number of carbonyl (C=O) groups excluding carboxylic acids is 3. The Kier molecular flexibility index (Phi) is 11.6. The molecule has 0 aromatic heterocycles. The number of methoxy groups -OCH3 is 1. The molecule has 0 spiro atoms. The first-order valence-corrected chi connectivity index (χ1v) is 13.3. The summed E-state index contributed by atoms with van der Waals surface area (Å²) in [4.78, 5) is 36.7. The molecule has 0 heterocycles. The monoisotopic (exact) mass is 696 g/mol. The van der Waals surface area contributed by atoms with E-state index in [1.807, 2.05) is 22.6 Å². The minimum atomic E-state index is -0.962. The first-order valence-electron chi connectivity index (χ1n) is 11.4. The number of benzene rings is 3.